The van der Waals surface area contributed by atoms with Gasteiger partial charge in [0.25, 0.3) is 0 Å². The van der Waals surface area contributed by atoms with E-state index in [1.165, 1.54) is 18.4 Å². The fraction of sp³-hybridized carbons (Fsp3) is 0.500. The van der Waals surface area contributed by atoms with E-state index >= 15 is 0 Å². The zero-order chi connectivity index (χ0) is 14.0. The highest BCUT2D eigenvalue weighted by atomic mass is 15.1. The van der Waals surface area contributed by atoms with Crippen molar-refractivity contribution in [2.24, 2.45) is 0 Å². The number of likely N-dealkylation sites (tertiary alicyclic amines) is 1. The quantitative estimate of drug-likeness (QED) is 0.715. The molecule has 1 aliphatic heterocycles. The van der Waals surface area contributed by atoms with E-state index in [9.17, 15) is 0 Å². The molecule has 1 aliphatic rings. The minimum absolute atomic E-state index is 0.293. The molecule has 104 valence electrons. The lowest BCUT2D eigenvalue weighted by Gasteiger charge is -2.34. The fourth-order valence-electron chi connectivity index (χ4n) is 2.70. The van der Waals surface area contributed by atoms with Crippen molar-refractivity contribution < 1.29 is 0 Å². The van der Waals surface area contributed by atoms with Gasteiger partial charge in [-0.15, -0.1) is 0 Å². The second-order valence-corrected chi connectivity index (χ2v) is 5.33. The molecule has 0 spiro atoms. The summed E-state index contributed by atoms with van der Waals surface area (Å²) in [5.74, 6) is 0.743. The van der Waals surface area contributed by atoms with E-state index in [4.69, 9.17) is 17.2 Å². The Kier molecular flexibility index (Phi) is 3.95. The Morgan fingerprint density at radius 2 is 2.11 bits per heavy atom. The first-order chi connectivity index (χ1) is 8.99. The SMILES string of the molecule is C=C(Cc1cc(N)c(N)nc1N)C1CCCCN1C. The van der Waals surface area contributed by atoms with Crippen molar-refractivity contribution in [1.82, 2.24) is 9.88 Å². The van der Waals surface area contributed by atoms with Crippen LogP contribution in [0.4, 0.5) is 17.3 Å². The highest BCUT2D eigenvalue weighted by Crippen LogP contribution is 2.26. The summed E-state index contributed by atoms with van der Waals surface area (Å²) in [6, 6.07) is 2.23. The second-order valence-electron chi connectivity index (χ2n) is 5.33. The van der Waals surface area contributed by atoms with Crippen LogP contribution in [0.25, 0.3) is 0 Å². The molecular weight excluding hydrogens is 238 g/mol. The molecule has 5 nitrogen and oxygen atoms in total. The van der Waals surface area contributed by atoms with Crippen molar-refractivity contribution in [3.8, 4) is 0 Å². The van der Waals surface area contributed by atoms with E-state index in [1.54, 1.807) is 0 Å². The molecule has 0 aromatic carbocycles. The Morgan fingerprint density at radius 1 is 1.37 bits per heavy atom. The number of nitrogen functional groups attached to an aromatic ring is 3. The van der Waals surface area contributed by atoms with E-state index in [0.717, 1.165) is 18.5 Å². The van der Waals surface area contributed by atoms with Gasteiger partial charge in [0.2, 0.25) is 0 Å². The van der Waals surface area contributed by atoms with Gasteiger partial charge in [0.15, 0.2) is 0 Å². The second kappa shape index (κ2) is 5.48. The Bertz CT molecular complexity index is 483. The summed E-state index contributed by atoms with van der Waals surface area (Å²) in [7, 11) is 2.15. The molecule has 0 amide bonds. The van der Waals surface area contributed by atoms with Crippen molar-refractivity contribution in [2.75, 3.05) is 30.8 Å². The van der Waals surface area contributed by atoms with E-state index < -0.39 is 0 Å². The average molecular weight is 261 g/mol. The Morgan fingerprint density at radius 3 is 2.79 bits per heavy atom. The number of anilines is 3. The van der Waals surface area contributed by atoms with Crippen LogP contribution in [0.3, 0.4) is 0 Å². The molecule has 1 fully saturated rings. The Balaban J connectivity index is 2.12. The molecule has 2 rings (SSSR count). The van der Waals surface area contributed by atoms with Crippen LogP contribution in [0, 0.1) is 0 Å². The number of hydrogen-bond donors (Lipinski definition) is 3. The average Bonchev–Trinajstić information content (AvgIpc) is 2.36. The van der Waals surface area contributed by atoms with E-state index in [1.807, 2.05) is 6.07 Å². The van der Waals surface area contributed by atoms with E-state index in [-0.39, 0.29) is 0 Å². The fourth-order valence-corrected chi connectivity index (χ4v) is 2.70. The summed E-state index contributed by atoms with van der Waals surface area (Å²) in [5, 5.41) is 0. The molecule has 1 atom stereocenters. The molecule has 5 heteroatoms. The van der Waals surface area contributed by atoms with Crippen LogP contribution in [0.5, 0.6) is 0 Å². The maximum absolute atomic E-state index is 5.90. The lowest BCUT2D eigenvalue weighted by Crippen LogP contribution is -2.37. The van der Waals surface area contributed by atoms with Crippen LogP contribution in [0.1, 0.15) is 24.8 Å². The standard InChI is InChI=1S/C14H23N5/c1-9(12-5-3-4-6-19(12)2)7-10-8-11(15)14(17)18-13(10)16/h8,12H,1,3-7,15H2,2H3,(H4,16,17,18). The number of nitrogens with two attached hydrogens (primary N) is 3. The van der Waals surface area contributed by atoms with E-state index in [0.29, 0.717) is 29.8 Å². The number of nitrogens with zero attached hydrogens (tertiary/aromatic N) is 2. The first-order valence-electron chi connectivity index (χ1n) is 6.67. The predicted molar refractivity (Wildman–Crippen MR) is 80.6 cm³/mol. The zero-order valence-electron chi connectivity index (χ0n) is 11.5. The lowest BCUT2D eigenvalue weighted by atomic mass is 9.92. The van der Waals surface area contributed by atoms with Gasteiger partial charge < -0.3 is 17.2 Å². The van der Waals surface area contributed by atoms with Crippen LogP contribution >= 0.6 is 0 Å². The van der Waals surface area contributed by atoms with Gasteiger partial charge in [-0.25, -0.2) is 4.98 Å². The zero-order valence-corrected chi connectivity index (χ0v) is 11.5. The van der Waals surface area contributed by atoms with Crippen LogP contribution in [0.2, 0.25) is 0 Å². The third kappa shape index (κ3) is 2.98. The maximum Gasteiger partial charge on any atom is 0.149 e. The third-order valence-corrected chi connectivity index (χ3v) is 3.85. The van der Waals surface area contributed by atoms with Crippen LogP contribution in [-0.4, -0.2) is 29.5 Å². The van der Waals surface area contributed by atoms with Crippen LogP contribution < -0.4 is 17.2 Å². The highest BCUT2D eigenvalue weighted by Gasteiger charge is 2.22. The molecule has 1 saturated heterocycles. The maximum atomic E-state index is 5.90. The third-order valence-electron chi connectivity index (χ3n) is 3.85. The normalized spacial score (nSPS) is 20.4. The largest absolute Gasteiger partial charge is 0.396 e. The van der Waals surface area contributed by atoms with Crippen LogP contribution in [-0.2, 0) is 6.42 Å². The smallest absolute Gasteiger partial charge is 0.149 e. The molecule has 0 saturated carbocycles. The molecule has 6 N–H and O–H groups in total. The summed E-state index contributed by atoms with van der Waals surface area (Å²) in [6.07, 6.45) is 4.38. The molecule has 1 aromatic rings. The summed E-state index contributed by atoms with van der Waals surface area (Å²) < 4.78 is 0. The lowest BCUT2D eigenvalue weighted by molar-refractivity contribution is 0.211. The van der Waals surface area contributed by atoms with Crippen molar-refractivity contribution in [3.05, 3.63) is 23.8 Å². The van der Waals surface area contributed by atoms with Gasteiger partial charge >= 0.3 is 0 Å². The first kappa shape index (κ1) is 13.7. The first-order valence-corrected chi connectivity index (χ1v) is 6.67. The Hall–Kier alpha value is -1.75. The molecule has 19 heavy (non-hydrogen) atoms. The van der Waals surface area contributed by atoms with E-state index in [2.05, 4.69) is 23.5 Å². The van der Waals surface area contributed by atoms with Crippen LogP contribution in [0.15, 0.2) is 18.2 Å². The topological polar surface area (TPSA) is 94.2 Å². The minimum Gasteiger partial charge on any atom is -0.396 e. The van der Waals surface area contributed by atoms with Crippen molar-refractivity contribution in [1.29, 1.82) is 0 Å². The summed E-state index contributed by atoms with van der Waals surface area (Å²) in [5.41, 5.74) is 19.9. The van der Waals surface area contributed by atoms with Crippen molar-refractivity contribution >= 4 is 17.3 Å². The monoisotopic (exact) mass is 261 g/mol. The summed E-state index contributed by atoms with van der Waals surface area (Å²) >= 11 is 0. The number of likely N-dealkylation sites (N-methyl/N-ethyl adjacent to an activating group) is 1. The van der Waals surface area contributed by atoms with Gasteiger partial charge in [0.05, 0.1) is 5.69 Å². The van der Waals surface area contributed by atoms with Gasteiger partial charge in [-0.2, -0.15) is 0 Å². The van der Waals surface area contributed by atoms with Gasteiger partial charge in [-0.1, -0.05) is 18.6 Å². The number of hydrogen-bond acceptors (Lipinski definition) is 5. The number of piperidine rings is 1. The molecule has 1 aromatic heterocycles. The van der Waals surface area contributed by atoms with Gasteiger partial charge in [-0.3, -0.25) is 4.90 Å². The number of pyridine rings is 1. The van der Waals surface area contributed by atoms with Crippen molar-refractivity contribution in [2.45, 2.75) is 31.7 Å². The van der Waals surface area contributed by atoms with Gasteiger partial charge in [0, 0.05) is 11.6 Å². The van der Waals surface area contributed by atoms with Gasteiger partial charge in [-0.05, 0) is 38.9 Å². The molecule has 1 unspecified atom stereocenters. The minimum atomic E-state index is 0.293. The molecule has 0 radical (unpaired) electrons. The number of aromatic nitrogens is 1. The summed E-state index contributed by atoms with van der Waals surface area (Å²) in [4.78, 5) is 6.42. The molecular formula is C14H23N5. The van der Waals surface area contributed by atoms with Crippen molar-refractivity contribution in [3.63, 3.8) is 0 Å². The number of rotatable bonds is 3. The predicted octanol–water partition coefficient (Wildman–Crippen LogP) is 1.41. The molecule has 2 heterocycles. The van der Waals surface area contributed by atoms with Gasteiger partial charge in [0.1, 0.15) is 11.6 Å². The molecule has 0 bridgehead atoms. The summed E-state index contributed by atoms with van der Waals surface area (Å²) in [6.45, 7) is 5.35. The Labute approximate surface area is 114 Å². The highest BCUT2D eigenvalue weighted by molar-refractivity contribution is 5.64. The molecule has 0 aliphatic carbocycles.